The van der Waals surface area contributed by atoms with Gasteiger partial charge in [0.15, 0.2) is 5.57 Å². The second kappa shape index (κ2) is 6.25. The lowest BCUT2D eigenvalue weighted by atomic mass is 10.2. The third kappa shape index (κ3) is 3.36. The van der Waals surface area contributed by atoms with Gasteiger partial charge < -0.3 is 14.9 Å². The van der Waals surface area contributed by atoms with Crippen LogP contribution in [0.4, 0.5) is 0 Å². The molecule has 1 heterocycles. The molecule has 0 radical (unpaired) electrons. The first-order valence-corrected chi connectivity index (χ1v) is 6.03. The molecule has 0 fully saturated rings. The smallest absolute Gasteiger partial charge is 0.346 e. The van der Waals surface area contributed by atoms with Crippen LogP contribution in [0.5, 0.6) is 0 Å². The van der Waals surface area contributed by atoms with E-state index >= 15 is 0 Å². The summed E-state index contributed by atoms with van der Waals surface area (Å²) in [7, 11) is 3.48. The maximum atomic E-state index is 11.6. The van der Waals surface area contributed by atoms with Crippen molar-refractivity contribution in [2.24, 2.45) is 5.10 Å². The van der Waals surface area contributed by atoms with Crippen molar-refractivity contribution in [2.45, 2.75) is 6.92 Å². The molecule has 0 bridgehead atoms. The first kappa shape index (κ1) is 14.3. The van der Waals surface area contributed by atoms with Crippen molar-refractivity contribution in [3.8, 4) is 0 Å². The fraction of sp³-hybridized carbons (Fsp3) is 0.364. The van der Waals surface area contributed by atoms with Crippen molar-refractivity contribution in [3.05, 3.63) is 22.3 Å². The number of esters is 1. The normalized spacial score (nSPS) is 17.9. The number of ether oxygens (including phenoxy) is 1. The monoisotopic (exact) mass is 270 g/mol. The average molecular weight is 270 g/mol. The number of thioether (sulfide) groups is 1. The number of aliphatic hydroxyl groups is 1. The zero-order valence-electron chi connectivity index (χ0n) is 10.3. The average Bonchev–Trinajstić information content (AvgIpc) is 2.54. The fourth-order valence-corrected chi connectivity index (χ4v) is 1.96. The highest BCUT2D eigenvalue weighted by Crippen LogP contribution is 2.36. The molecule has 0 saturated carbocycles. The van der Waals surface area contributed by atoms with Gasteiger partial charge in [0.2, 0.25) is 5.12 Å². The van der Waals surface area contributed by atoms with E-state index in [1.54, 1.807) is 26.0 Å². The summed E-state index contributed by atoms with van der Waals surface area (Å²) in [6, 6.07) is 0. The molecule has 1 aliphatic rings. The molecule has 6 nitrogen and oxygen atoms in total. The van der Waals surface area contributed by atoms with Gasteiger partial charge in [-0.05, 0) is 24.8 Å². The Balaban J connectivity index is 2.94. The highest BCUT2D eigenvalue weighted by molar-refractivity contribution is 8.18. The van der Waals surface area contributed by atoms with E-state index in [1.807, 2.05) is 0 Å². The molecular formula is C11H14N2O4S. The molecule has 0 amide bonds. The van der Waals surface area contributed by atoms with Gasteiger partial charge >= 0.3 is 5.97 Å². The number of allylic oxidation sites excluding steroid dienone is 1. The Kier molecular flexibility index (Phi) is 4.96. The first-order valence-electron chi connectivity index (χ1n) is 5.21. The summed E-state index contributed by atoms with van der Waals surface area (Å²) < 4.78 is 4.70. The lowest BCUT2D eigenvalue weighted by molar-refractivity contribution is -0.139. The van der Waals surface area contributed by atoms with Crippen LogP contribution in [0.1, 0.15) is 6.92 Å². The van der Waals surface area contributed by atoms with Gasteiger partial charge in [0.25, 0.3) is 0 Å². The molecule has 98 valence electrons. The van der Waals surface area contributed by atoms with Crippen LogP contribution < -0.4 is 0 Å². The van der Waals surface area contributed by atoms with E-state index in [2.05, 4.69) is 5.10 Å². The molecule has 0 aliphatic carbocycles. The SMILES string of the molecule is CCOC(=O)C1=C(O)/C(=C/C=N/N(C)C)SC1=O. The van der Waals surface area contributed by atoms with Gasteiger partial charge in [-0.3, -0.25) is 4.79 Å². The molecule has 1 aliphatic heterocycles. The van der Waals surface area contributed by atoms with E-state index in [4.69, 9.17) is 4.74 Å². The van der Waals surface area contributed by atoms with Crippen LogP contribution in [-0.2, 0) is 14.3 Å². The zero-order chi connectivity index (χ0) is 13.7. The molecule has 7 heteroatoms. The molecule has 1 N–H and O–H groups in total. The minimum absolute atomic E-state index is 0.148. The van der Waals surface area contributed by atoms with Gasteiger partial charge in [-0.15, -0.1) is 0 Å². The molecule has 0 unspecified atom stereocenters. The van der Waals surface area contributed by atoms with Crippen LogP contribution in [0, 0.1) is 0 Å². The number of carbonyl (C=O) groups excluding carboxylic acids is 2. The Morgan fingerprint density at radius 3 is 2.78 bits per heavy atom. The van der Waals surface area contributed by atoms with E-state index in [-0.39, 0.29) is 22.8 Å². The van der Waals surface area contributed by atoms with Crippen LogP contribution in [-0.4, -0.2) is 48.1 Å². The number of nitrogens with zero attached hydrogens (tertiary/aromatic N) is 2. The Hall–Kier alpha value is -1.76. The lowest BCUT2D eigenvalue weighted by Crippen LogP contribution is -2.12. The van der Waals surface area contributed by atoms with Crippen LogP contribution in [0.2, 0.25) is 0 Å². The van der Waals surface area contributed by atoms with Crippen LogP contribution in [0.15, 0.2) is 27.4 Å². The number of hydrogen-bond donors (Lipinski definition) is 1. The summed E-state index contributed by atoms with van der Waals surface area (Å²) in [6.07, 6.45) is 2.89. The highest BCUT2D eigenvalue weighted by Gasteiger charge is 2.34. The lowest BCUT2D eigenvalue weighted by Gasteiger charge is -2.01. The molecular weight excluding hydrogens is 256 g/mol. The first-order chi connectivity index (χ1) is 8.47. The van der Waals surface area contributed by atoms with Crippen LogP contribution in [0.25, 0.3) is 0 Å². The number of carbonyl (C=O) groups is 2. The fourth-order valence-electron chi connectivity index (χ4n) is 1.15. The second-order valence-corrected chi connectivity index (χ2v) is 4.49. The predicted octanol–water partition coefficient (Wildman–Crippen LogP) is 1.07. The molecule has 18 heavy (non-hydrogen) atoms. The Bertz CT molecular complexity index is 452. The summed E-state index contributed by atoms with van der Waals surface area (Å²) >= 11 is 0.775. The Morgan fingerprint density at radius 2 is 2.22 bits per heavy atom. The summed E-state index contributed by atoms with van der Waals surface area (Å²) in [5, 5.41) is 14.7. The number of rotatable bonds is 4. The molecule has 0 atom stereocenters. The quantitative estimate of drug-likeness (QED) is 0.356. The molecule has 0 aromatic carbocycles. The van der Waals surface area contributed by atoms with Crippen LogP contribution in [0.3, 0.4) is 0 Å². The zero-order valence-corrected chi connectivity index (χ0v) is 11.2. The minimum atomic E-state index is -0.805. The number of hydrogen-bond acceptors (Lipinski definition) is 7. The summed E-state index contributed by atoms with van der Waals surface area (Å²) in [4.78, 5) is 23.3. The van der Waals surface area contributed by atoms with E-state index in [0.717, 1.165) is 11.8 Å². The van der Waals surface area contributed by atoms with Crippen molar-refractivity contribution < 1.29 is 19.4 Å². The van der Waals surface area contributed by atoms with E-state index in [9.17, 15) is 14.7 Å². The van der Waals surface area contributed by atoms with Gasteiger partial charge in [-0.2, -0.15) is 5.10 Å². The van der Waals surface area contributed by atoms with Crippen molar-refractivity contribution in [1.29, 1.82) is 0 Å². The summed E-state index contributed by atoms with van der Waals surface area (Å²) in [5.74, 6) is -1.16. The van der Waals surface area contributed by atoms with E-state index in [1.165, 1.54) is 12.3 Å². The van der Waals surface area contributed by atoms with Crippen molar-refractivity contribution in [1.82, 2.24) is 5.01 Å². The predicted molar refractivity (Wildman–Crippen MR) is 69.1 cm³/mol. The number of hydrazone groups is 1. The molecule has 1 rings (SSSR count). The highest BCUT2D eigenvalue weighted by atomic mass is 32.2. The van der Waals surface area contributed by atoms with Gasteiger partial charge in [-0.1, -0.05) is 0 Å². The van der Waals surface area contributed by atoms with Gasteiger partial charge in [0.05, 0.1) is 11.5 Å². The largest absolute Gasteiger partial charge is 0.506 e. The van der Waals surface area contributed by atoms with Crippen molar-refractivity contribution in [2.75, 3.05) is 20.7 Å². The molecule has 0 aromatic rings. The van der Waals surface area contributed by atoms with Crippen molar-refractivity contribution >= 4 is 29.1 Å². The van der Waals surface area contributed by atoms with Gasteiger partial charge in [0.1, 0.15) is 5.76 Å². The minimum Gasteiger partial charge on any atom is -0.506 e. The Morgan fingerprint density at radius 1 is 1.56 bits per heavy atom. The van der Waals surface area contributed by atoms with Crippen LogP contribution >= 0.6 is 11.8 Å². The van der Waals surface area contributed by atoms with Gasteiger partial charge in [-0.25, -0.2) is 4.79 Å². The third-order valence-electron chi connectivity index (χ3n) is 1.88. The summed E-state index contributed by atoms with van der Waals surface area (Å²) in [5.41, 5.74) is -0.314. The summed E-state index contributed by atoms with van der Waals surface area (Å²) in [6.45, 7) is 1.78. The third-order valence-corrected chi connectivity index (χ3v) is 2.82. The number of aliphatic hydroxyl groups excluding tert-OH is 1. The molecule has 0 saturated heterocycles. The Labute approximate surface area is 109 Å². The molecule has 0 aromatic heterocycles. The molecule has 0 spiro atoms. The topological polar surface area (TPSA) is 79.2 Å². The van der Waals surface area contributed by atoms with E-state index in [0.29, 0.717) is 0 Å². The maximum absolute atomic E-state index is 11.6. The second-order valence-electron chi connectivity index (χ2n) is 3.48. The standard InChI is InChI=1S/C11H14N2O4S/c1-4-17-10(15)8-9(14)7(18-11(8)16)5-6-12-13(2)3/h5-6,14H,4H2,1-3H3/b7-5-,12-6+. The van der Waals surface area contributed by atoms with Gasteiger partial charge in [0, 0.05) is 20.3 Å². The van der Waals surface area contributed by atoms with Crippen molar-refractivity contribution in [3.63, 3.8) is 0 Å². The maximum Gasteiger partial charge on any atom is 0.346 e. The van der Waals surface area contributed by atoms with E-state index < -0.39 is 11.1 Å².